The lowest BCUT2D eigenvalue weighted by molar-refractivity contribution is 1.13. The van der Waals surface area contributed by atoms with Gasteiger partial charge in [0.05, 0.1) is 0 Å². The summed E-state index contributed by atoms with van der Waals surface area (Å²) < 4.78 is 0. The number of nitrogens with zero attached hydrogens (tertiary/aromatic N) is 1. The third kappa shape index (κ3) is 2.50. The first-order chi connectivity index (χ1) is 7.79. The van der Waals surface area contributed by atoms with Crippen LogP contribution in [-0.2, 0) is 6.54 Å². The Morgan fingerprint density at radius 2 is 2.31 bits per heavy atom. The van der Waals surface area contributed by atoms with Gasteiger partial charge in [-0.1, -0.05) is 0 Å². The van der Waals surface area contributed by atoms with Gasteiger partial charge in [-0.05, 0) is 34.9 Å². The van der Waals surface area contributed by atoms with Crippen molar-refractivity contribution < 1.29 is 0 Å². The smallest absolute Gasteiger partial charge is 0.141 e. The molecule has 5 heteroatoms. The van der Waals surface area contributed by atoms with Gasteiger partial charge < -0.3 is 10.7 Å². The second-order valence-electron chi connectivity index (χ2n) is 3.51. The molecule has 0 aliphatic rings. The molecule has 0 aliphatic heterocycles. The van der Waals surface area contributed by atoms with Crippen LogP contribution in [0.2, 0.25) is 0 Å². The normalized spacial score (nSPS) is 10.1. The van der Waals surface area contributed by atoms with Gasteiger partial charge in [0.1, 0.15) is 5.82 Å². The van der Waals surface area contributed by atoms with E-state index in [2.05, 4.69) is 33.4 Å². The average molecular weight is 234 g/mol. The van der Waals surface area contributed by atoms with E-state index in [9.17, 15) is 0 Å². The van der Waals surface area contributed by atoms with Gasteiger partial charge in [0.2, 0.25) is 0 Å². The number of nitrogens with one attached hydrogen (secondary N) is 2. The highest BCUT2D eigenvalue weighted by Crippen LogP contribution is 2.17. The Hall–Kier alpha value is -1.59. The predicted molar refractivity (Wildman–Crippen MR) is 68.4 cm³/mol. The van der Waals surface area contributed by atoms with Crippen molar-refractivity contribution in [2.24, 2.45) is 5.84 Å². The monoisotopic (exact) mass is 234 g/mol. The summed E-state index contributed by atoms with van der Waals surface area (Å²) in [6.07, 6.45) is 1.72. The summed E-state index contributed by atoms with van der Waals surface area (Å²) in [5.41, 5.74) is 6.18. The molecule has 0 spiro atoms. The fourth-order valence-electron chi connectivity index (χ4n) is 1.38. The number of aromatic nitrogens is 1. The molecule has 4 nitrogen and oxygen atoms in total. The number of anilines is 2. The lowest BCUT2D eigenvalue weighted by Gasteiger charge is -2.07. The summed E-state index contributed by atoms with van der Waals surface area (Å²) in [6.45, 7) is 2.94. The lowest BCUT2D eigenvalue weighted by atomic mass is 10.2. The minimum Gasteiger partial charge on any atom is -0.381 e. The van der Waals surface area contributed by atoms with Crippen LogP contribution in [0, 0.1) is 6.92 Å². The summed E-state index contributed by atoms with van der Waals surface area (Å²) in [5.74, 6) is 5.95. The Morgan fingerprint density at radius 3 is 3.00 bits per heavy atom. The fraction of sp³-hybridized carbons (Fsp3) is 0.182. The van der Waals surface area contributed by atoms with Gasteiger partial charge in [0.15, 0.2) is 0 Å². The van der Waals surface area contributed by atoms with Crippen LogP contribution in [0.4, 0.5) is 11.5 Å². The highest BCUT2D eigenvalue weighted by atomic mass is 32.1. The van der Waals surface area contributed by atoms with Crippen LogP contribution in [0.3, 0.4) is 0 Å². The van der Waals surface area contributed by atoms with E-state index >= 15 is 0 Å². The molecule has 0 atom stereocenters. The molecule has 2 rings (SSSR count). The summed E-state index contributed by atoms with van der Waals surface area (Å²) in [5, 5.41) is 7.64. The largest absolute Gasteiger partial charge is 0.381 e. The maximum Gasteiger partial charge on any atom is 0.141 e. The summed E-state index contributed by atoms with van der Waals surface area (Å²) >= 11 is 1.72. The van der Waals surface area contributed by atoms with E-state index in [1.54, 1.807) is 17.5 Å². The van der Waals surface area contributed by atoms with Gasteiger partial charge in [-0.25, -0.2) is 10.8 Å². The number of pyridine rings is 1. The van der Waals surface area contributed by atoms with E-state index in [4.69, 9.17) is 5.84 Å². The molecule has 0 fully saturated rings. The molecule has 0 amide bonds. The van der Waals surface area contributed by atoms with E-state index in [0.29, 0.717) is 5.82 Å². The lowest BCUT2D eigenvalue weighted by Crippen LogP contribution is -2.09. The second kappa shape index (κ2) is 4.96. The zero-order valence-corrected chi connectivity index (χ0v) is 9.84. The number of nitrogen functional groups attached to an aromatic ring is 1. The number of aryl methyl sites for hydroxylation is 1. The molecule has 0 aromatic carbocycles. The van der Waals surface area contributed by atoms with Gasteiger partial charge in [0.25, 0.3) is 0 Å². The Balaban J connectivity index is 2.02. The molecule has 2 aromatic rings. The van der Waals surface area contributed by atoms with Gasteiger partial charge in [-0.15, -0.1) is 0 Å². The highest BCUT2D eigenvalue weighted by Gasteiger charge is 1.99. The SMILES string of the molecule is Cc1cscc1CNc1ccnc(NN)c1. The summed E-state index contributed by atoms with van der Waals surface area (Å²) in [7, 11) is 0. The van der Waals surface area contributed by atoms with Gasteiger partial charge in [-0.2, -0.15) is 11.3 Å². The van der Waals surface area contributed by atoms with Crippen LogP contribution in [0.25, 0.3) is 0 Å². The zero-order chi connectivity index (χ0) is 11.4. The average Bonchev–Trinajstić information content (AvgIpc) is 2.72. The van der Waals surface area contributed by atoms with Crippen molar-refractivity contribution in [2.45, 2.75) is 13.5 Å². The quantitative estimate of drug-likeness (QED) is 0.561. The Labute approximate surface area is 98.5 Å². The zero-order valence-electron chi connectivity index (χ0n) is 9.03. The molecule has 0 saturated carbocycles. The topological polar surface area (TPSA) is 63.0 Å². The van der Waals surface area contributed by atoms with E-state index < -0.39 is 0 Å². The van der Waals surface area contributed by atoms with Crippen LogP contribution in [0.15, 0.2) is 29.1 Å². The first kappa shape index (κ1) is 10.9. The summed E-state index contributed by atoms with van der Waals surface area (Å²) in [4.78, 5) is 4.05. The van der Waals surface area contributed by atoms with Crippen LogP contribution < -0.4 is 16.6 Å². The van der Waals surface area contributed by atoms with Crippen molar-refractivity contribution in [1.29, 1.82) is 0 Å². The van der Waals surface area contributed by atoms with Crippen molar-refractivity contribution in [2.75, 3.05) is 10.7 Å². The number of rotatable bonds is 4. The number of hydrogen-bond donors (Lipinski definition) is 3. The molecule has 0 radical (unpaired) electrons. The second-order valence-corrected chi connectivity index (χ2v) is 4.25. The highest BCUT2D eigenvalue weighted by molar-refractivity contribution is 7.08. The molecular formula is C11H14N4S. The first-order valence-corrected chi connectivity index (χ1v) is 5.92. The molecule has 2 heterocycles. The van der Waals surface area contributed by atoms with Crippen molar-refractivity contribution in [3.8, 4) is 0 Å². The maximum atomic E-state index is 5.29. The molecule has 0 unspecified atom stereocenters. The third-order valence-corrected chi connectivity index (χ3v) is 3.26. The molecule has 4 N–H and O–H groups in total. The number of thiophene rings is 1. The minimum absolute atomic E-state index is 0.659. The van der Waals surface area contributed by atoms with E-state index in [1.165, 1.54) is 11.1 Å². The molecule has 2 aromatic heterocycles. The Kier molecular flexibility index (Phi) is 3.38. The number of nitrogens with two attached hydrogens (primary N) is 1. The molecule has 0 aliphatic carbocycles. The van der Waals surface area contributed by atoms with E-state index in [1.807, 2.05) is 12.1 Å². The van der Waals surface area contributed by atoms with Crippen LogP contribution in [-0.4, -0.2) is 4.98 Å². The molecule has 0 saturated heterocycles. The molecule has 16 heavy (non-hydrogen) atoms. The maximum absolute atomic E-state index is 5.29. The Bertz CT molecular complexity index is 467. The van der Waals surface area contributed by atoms with E-state index in [0.717, 1.165) is 12.2 Å². The number of hydrazine groups is 1. The van der Waals surface area contributed by atoms with Crippen molar-refractivity contribution in [3.63, 3.8) is 0 Å². The van der Waals surface area contributed by atoms with Crippen molar-refractivity contribution in [1.82, 2.24) is 4.98 Å². The third-order valence-electron chi connectivity index (χ3n) is 2.35. The first-order valence-electron chi connectivity index (χ1n) is 4.98. The van der Waals surface area contributed by atoms with Crippen molar-refractivity contribution in [3.05, 3.63) is 40.2 Å². The van der Waals surface area contributed by atoms with Gasteiger partial charge >= 0.3 is 0 Å². The van der Waals surface area contributed by atoms with Gasteiger partial charge in [-0.3, -0.25) is 0 Å². The predicted octanol–water partition coefficient (Wildman–Crippen LogP) is 2.35. The number of hydrogen-bond acceptors (Lipinski definition) is 5. The van der Waals surface area contributed by atoms with Crippen molar-refractivity contribution >= 4 is 22.8 Å². The van der Waals surface area contributed by atoms with Crippen LogP contribution >= 0.6 is 11.3 Å². The molecule has 84 valence electrons. The Morgan fingerprint density at radius 1 is 1.44 bits per heavy atom. The fourth-order valence-corrected chi connectivity index (χ4v) is 2.24. The van der Waals surface area contributed by atoms with E-state index in [-0.39, 0.29) is 0 Å². The molecular weight excluding hydrogens is 220 g/mol. The minimum atomic E-state index is 0.659. The van der Waals surface area contributed by atoms with Crippen LogP contribution in [0.5, 0.6) is 0 Å². The van der Waals surface area contributed by atoms with Crippen LogP contribution in [0.1, 0.15) is 11.1 Å². The standard InChI is InChI=1S/C11H14N4S/c1-8-6-16-7-9(8)5-14-10-2-3-13-11(4-10)15-12/h2-4,6-7H,5,12H2,1H3,(H2,13,14,15). The van der Waals surface area contributed by atoms with Gasteiger partial charge in [0, 0.05) is 24.5 Å². The molecule has 0 bridgehead atoms. The summed E-state index contributed by atoms with van der Waals surface area (Å²) in [6, 6.07) is 3.80.